The Kier molecular flexibility index (Phi) is 5.40. The number of hydrogen-bond donors (Lipinski definition) is 1. The van der Waals surface area contributed by atoms with E-state index >= 15 is 0 Å². The summed E-state index contributed by atoms with van der Waals surface area (Å²) in [5, 5.41) is 9.83. The maximum atomic E-state index is 12.0. The van der Waals surface area contributed by atoms with Crippen molar-refractivity contribution in [3.63, 3.8) is 0 Å². The lowest BCUT2D eigenvalue weighted by Crippen LogP contribution is -2.41. The van der Waals surface area contributed by atoms with Gasteiger partial charge < -0.3 is 9.84 Å². The van der Waals surface area contributed by atoms with Gasteiger partial charge in [-0.25, -0.2) is 0 Å². The number of aryl methyl sites for hydroxylation is 1. The second-order valence-corrected chi connectivity index (χ2v) is 8.22. The van der Waals surface area contributed by atoms with Crippen molar-refractivity contribution in [3.05, 3.63) is 53.6 Å². The largest absolute Gasteiger partial charge is 0.496 e. The molecule has 0 spiro atoms. The lowest BCUT2D eigenvalue weighted by atomic mass is 9.84. The third-order valence-corrected chi connectivity index (χ3v) is 6.60. The van der Waals surface area contributed by atoms with Crippen molar-refractivity contribution >= 4 is 5.97 Å². The van der Waals surface area contributed by atoms with Crippen LogP contribution in [0.1, 0.15) is 43.2 Å². The van der Waals surface area contributed by atoms with E-state index in [4.69, 9.17) is 4.74 Å². The number of carbonyl (C=O) groups is 1. The fourth-order valence-corrected chi connectivity index (χ4v) is 5.19. The van der Waals surface area contributed by atoms with Crippen LogP contribution in [0.25, 0.3) is 11.1 Å². The predicted molar refractivity (Wildman–Crippen MR) is 110 cm³/mol. The van der Waals surface area contributed by atoms with Crippen LogP contribution >= 0.6 is 0 Å². The molecule has 4 nitrogen and oxygen atoms in total. The summed E-state index contributed by atoms with van der Waals surface area (Å²) >= 11 is 0. The number of carboxylic acids is 1. The molecule has 0 radical (unpaired) electrons. The van der Waals surface area contributed by atoms with Crippen LogP contribution in [0, 0.1) is 12.8 Å². The van der Waals surface area contributed by atoms with Gasteiger partial charge in [-0.15, -0.1) is 0 Å². The first-order valence-corrected chi connectivity index (χ1v) is 10.3. The van der Waals surface area contributed by atoms with Gasteiger partial charge in [-0.05, 0) is 60.9 Å². The molecule has 1 saturated carbocycles. The highest BCUT2D eigenvalue weighted by atomic mass is 16.5. The molecule has 1 aliphatic carbocycles. The van der Waals surface area contributed by atoms with E-state index in [1.807, 2.05) is 12.1 Å². The molecular weight excluding hydrogens is 350 g/mol. The van der Waals surface area contributed by atoms with Crippen molar-refractivity contribution in [2.75, 3.05) is 7.11 Å². The second-order valence-electron chi connectivity index (χ2n) is 8.22. The molecule has 0 bridgehead atoms. The number of ether oxygens (including phenoxy) is 1. The summed E-state index contributed by atoms with van der Waals surface area (Å²) in [6.07, 6.45) is 5.47. The molecule has 1 heterocycles. The van der Waals surface area contributed by atoms with Gasteiger partial charge >= 0.3 is 5.97 Å². The van der Waals surface area contributed by atoms with E-state index in [-0.39, 0.29) is 6.04 Å². The molecule has 2 fully saturated rings. The molecule has 0 amide bonds. The average molecular weight is 380 g/mol. The molecule has 2 aromatic carbocycles. The van der Waals surface area contributed by atoms with E-state index in [9.17, 15) is 9.90 Å². The predicted octanol–water partition coefficient (Wildman–Crippen LogP) is 4.89. The van der Waals surface area contributed by atoms with Crippen molar-refractivity contribution in [1.29, 1.82) is 0 Å². The zero-order chi connectivity index (χ0) is 19.7. The van der Waals surface area contributed by atoms with E-state index in [2.05, 4.69) is 42.2 Å². The Bertz CT molecular complexity index is 863. The van der Waals surface area contributed by atoms with Gasteiger partial charge in [0.2, 0.25) is 0 Å². The number of nitrogens with zero attached hydrogens (tertiary/aromatic N) is 1. The molecule has 0 aromatic heterocycles. The first-order valence-electron chi connectivity index (χ1n) is 10.3. The van der Waals surface area contributed by atoms with Crippen LogP contribution in [0.4, 0.5) is 0 Å². The molecule has 1 N–H and O–H groups in total. The Morgan fingerprint density at radius 3 is 2.71 bits per heavy atom. The normalized spacial score (nSPS) is 24.7. The number of rotatable bonds is 5. The smallest absolute Gasteiger partial charge is 0.320 e. The topological polar surface area (TPSA) is 49.8 Å². The summed E-state index contributed by atoms with van der Waals surface area (Å²) < 4.78 is 5.63. The van der Waals surface area contributed by atoms with E-state index in [0.29, 0.717) is 18.5 Å². The maximum absolute atomic E-state index is 12.0. The van der Waals surface area contributed by atoms with Crippen LogP contribution in [0.5, 0.6) is 5.75 Å². The third-order valence-electron chi connectivity index (χ3n) is 6.60. The van der Waals surface area contributed by atoms with Gasteiger partial charge in [0, 0.05) is 18.2 Å². The molecule has 2 aromatic rings. The SMILES string of the molecule is COc1ccc(-c2ccccc2C)cc1CN1C(C(=O)O)CC2CCCCC21. The monoisotopic (exact) mass is 379 g/mol. The van der Waals surface area contributed by atoms with Gasteiger partial charge in [-0.3, -0.25) is 9.69 Å². The zero-order valence-electron chi connectivity index (χ0n) is 16.7. The molecule has 1 saturated heterocycles. The first-order chi connectivity index (χ1) is 13.6. The van der Waals surface area contributed by atoms with Crippen molar-refractivity contribution in [2.45, 2.75) is 57.7 Å². The van der Waals surface area contributed by atoms with Crippen LogP contribution in [-0.2, 0) is 11.3 Å². The zero-order valence-corrected chi connectivity index (χ0v) is 16.7. The van der Waals surface area contributed by atoms with Gasteiger partial charge in [0.05, 0.1) is 7.11 Å². The summed E-state index contributed by atoms with van der Waals surface area (Å²) in [4.78, 5) is 14.2. The van der Waals surface area contributed by atoms with Crippen LogP contribution in [0.3, 0.4) is 0 Å². The molecule has 28 heavy (non-hydrogen) atoms. The highest BCUT2D eigenvalue weighted by molar-refractivity contribution is 5.74. The Morgan fingerprint density at radius 1 is 1.18 bits per heavy atom. The number of likely N-dealkylation sites (tertiary alicyclic amines) is 1. The van der Waals surface area contributed by atoms with E-state index in [1.165, 1.54) is 24.0 Å². The van der Waals surface area contributed by atoms with Gasteiger partial charge in [0.25, 0.3) is 0 Å². The van der Waals surface area contributed by atoms with E-state index in [1.54, 1.807) is 7.11 Å². The van der Waals surface area contributed by atoms with Gasteiger partial charge in [-0.2, -0.15) is 0 Å². The lowest BCUT2D eigenvalue weighted by Gasteiger charge is -2.33. The second kappa shape index (κ2) is 7.96. The average Bonchev–Trinajstić information content (AvgIpc) is 3.07. The first kappa shape index (κ1) is 19.0. The molecule has 4 heteroatoms. The van der Waals surface area contributed by atoms with Crippen LogP contribution in [-0.4, -0.2) is 35.2 Å². The van der Waals surface area contributed by atoms with E-state index < -0.39 is 5.97 Å². The molecule has 3 unspecified atom stereocenters. The van der Waals surface area contributed by atoms with Gasteiger partial charge in [-0.1, -0.05) is 43.2 Å². The molecule has 3 atom stereocenters. The third kappa shape index (κ3) is 3.53. The fraction of sp³-hybridized carbons (Fsp3) is 0.458. The van der Waals surface area contributed by atoms with Crippen molar-refractivity contribution < 1.29 is 14.6 Å². The summed E-state index contributed by atoms with van der Waals surface area (Å²) in [6.45, 7) is 2.74. The Hall–Kier alpha value is -2.33. The molecular formula is C24H29NO3. The Balaban J connectivity index is 1.68. The van der Waals surface area contributed by atoms with Crippen molar-refractivity contribution in [3.8, 4) is 16.9 Å². The van der Waals surface area contributed by atoms with Gasteiger partial charge in [0.1, 0.15) is 11.8 Å². The highest BCUT2D eigenvalue weighted by Gasteiger charge is 2.45. The minimum Gasteiger partial charge on any atom is -0.496 e. The Labute approximate surface area is 167 Å². The summed E-state index contributed by atoms with van der Waals surface area (Å²) in [7, 11) is 1.69. The lowest BCUT2D eigenvalue weighted by molar-refractivity contribution is -0.142. The number of benzene rings is 2. The van der Waals surface area contributed by atoms with Crippen LogP contribution < -0.4 is 4.74 Å². The fourth-order valence-electron chi connectivity index (χ4n) is 5.19. The van der Waals surface area contributed by atoms with E-state index in [0.717, 1.165) is 36.1 Å². The van der Waals surface area contributed by atoms with Crippen molar-refractivity contribution in [2.24, 2.45) is 5.92 Å². The summed E-state index contributed by atoms with van der Waals surface area (Å²) in [6, 6.07) is 14.6. The number of hydrogen-bond acceptors (Lipinski definition) is 3. The van der Waals surface area contributed by atoms with Gasteiger partial charge in [0.15, 0.2) is 0 Å². The minimum atomic E-state index is -0.691. The molecule has 1 aliphatic heterocycles. The van der Waals surface area contributed by atoms with Crippen LogP contribution in [0.15, 0.2) is 42.5 Å². The highest BCUT2D eigenvalue weighted by Crippen LogP contribution is 2.41. The molecule has 148 valence electrons. The standard InChI is InChI=1S/C24H29NO3/c1-16-7-3-5-9-20(16)17-11-12-23(28-2)19(13-17)15-25-21-10-6-4-8-18(21)14-22(25)24(26)27/h3,5,7,9,11-13,18,21-22H,4,6,8,10,14-15H2,1-2H3,(H,26,27). The summed E-state index contributed by atoms with van der Waals surface area (Å²) in [5.74, 6) is 0.657. The number of fused-ring (bicyclic) bond motifs is 1. The van der Waals surface area contributed by atoms with Crippen molar-refractivity contribution in [1.82, 2.24) is 4.90 Å². The number of methoxy groups -OCH3 is 1. The summed E-state index contributed by atoms with van der Waals surface area (Å²) in [5.41, 5.74) is 4.66. The molecule has 2 aliphatic rings. The Morgan fingerprint density at radius 2 is 1.96 bits per heavy atom. The minimum absolute atomic E-state index is 0.377. The quantitative estimate of drug-likeness (QED) is 0.804. The maximum Gasteiger partial charge on any atom is 0.320 e. The molecule has 4 rings (SSSR count). The van der Waals surface area contributed by atoms with Crippen LogP contribution in [0.2, 0.25) is 0 Å². The number of carboxylic acid groups (broad SMARTS) is 1. The number of aliphatic carboxylic acids is 1.